The molecule has 0 spiro atoms. The maximum atomic E-state index is 12.8. The van der Waals surface area contributed by atoms with Crippen LogP contribution in [-0.4, -0.2) is 10.5 Å². The number of rotatable bonds is 5. The SMILES string of the molecule is Cc1c(C)n(Cc2ccccc2)c2ccc(C(=O)N[C@H](C)c3ccccc3)cc12. The molecule has 1 N–H and O–H groups in total. The minimum Gasteiger partial charge on any atom is -0.346 e. The fourth-order valence-corrected chi connectivity index (χ4v) is 3.87. The van der Waals surface area contributed by atoms with Crippen molar-refractivity contribution in [2.45, 2.75) is 33.4 Å². The van der Waals surface area contributed by atoms with E-state index in [1.807, 2.05) is 55.5 Å². The Morgan fingerprint density at radius 1 is 0.931 bits per heavy atom. The molecular formula is C26H26N2O. The number of aromatic nitrogens is 1. The van der Waals surface area contributed by atoms with Crippen LogP contribution in [-0.2, 0) is 6.54 Å². The van der Waals surface area contributed by atoms with E-state index >= 15 is 0 Å². The summed E-state index contributed by atoms with van der Waals surface area (Å²) in [6.07, 6.45) is 0. The van der Waals surface area contributed by atoms with Crippen molar-refractivity contribution in [2.75, 3.05) is 0 Å². The number of amides is 1. The van der Waals surface area contributed by atoms with Gasteiger partial charge < -0.3 is 9.88 Å². The lowest BCUT2D eigenvalue weighted by Gasteiger charge is -2.14. The Morgan fingerprint density at radius 3 is 2.28 bits per heavy atom. The van der Waals surface area contributed by atoms with Gasteiger partial charge in [-0.05, 0) is 55.7 Å². The first-order chi connectivity index (χ1) is 14.0. The molecule has 0 saturated carbocycles. The minimum absolute atomic E-state index is 0.0371. The summed E-state index contributed by atoms with van der Waals surface area (Å²) in [6, 6.07) is 26.5. The molecule has 1 heterocycles. The van der Waals surface area contributed by atoms with Crippen LogP contribution in [0.15, 0.2) is 78.9 Å². The van der Waals surface area contributed by atoms with Crippen molar-refractivity contribution in [2.24, 2.45) is 0 Å². The zero-order valence-electron chi connectivity index (χ0n) is 17.1. The Kier molecular flexibility index (Phi) is 5.22. The third-order valence-corrected chi connectivity index (χ3v) is 5.73. The summed E-state index contributed by atoms with van der Waals surface area (Å²) in [5, 5.41) is 4.25. The lowest BCUT2D eigenvalue weighted by molar-refractivity contribution is 0.0940. The number of benzene rings is 3. The molecule has 4 aromatic rings. The molecule has 1 amide bonds. The lowest BCUT2D eigenvalue weighted by Crippen LogP contribution is -2.26. The Bertz CT molecular complexity index is 1140. The largest absolute Gasteiger partial charge is 0.346 e. The Balaban J connectivity index is 1.62. The standard InChI is InChI=1S/C26H26N2O/c1-18-20(3)28(17-21-10-6-4-7-11-21)25-15-14-23(16-24(18)25)26(29)27-19(2)22-12-8-5-9-13-22/h4-16,19H,17H2,1-3H3,(H,27,29)/t19-/m1/s1. The molecule has 0 saturated heterocycles. The van der Waals surface area contributed by atoms with Crippen LogP contribution in [0.3, 0.4) is 0 Å². The monoisotopic (exact) mass is 382 g/mol. The molecule has 0 unspecified atom stereocenters. The molecule has 0 radical (unpaired) electrons. The first-order valence-corrected chi connectivity index (χ1v) is 10.0. The molecule has 1 atom stereocenters. The molecule has 29 heavy (non-hydrogen) atoms. The van der Waals surface area contributed by atoms with Crippen molar-refractivity contribution in [3.05, 3.63) is 107 Å². The van der Waals surface area contributed by atoms with Crippen LogP contribution in [0.1, 0.15) is 45.7 Å². The zero-order chi connectivity index (χ0) is 20.4. The van der Waals surface area contributed by atoms with E-state index in [4.69, 9.17) is 0 Å². The van der Waals surface area contributed by atoms with Crippen molar-refractivity contribution in [1.82, 2.24) is 9.88 Å². The molecule has 0 bridgehead atoms. The van der Waals surface area contributed by atoms with Gasteiger partial charge in [0.15, 0.2) is 0 Å². The summed E-state index contributed by atoms with van der Waals surface area (Å²) in [5.41, 5.74) is 6.69. The van der Waals surface area contributed by atoms with Crippen LogP contribution >= 0.6 is 0 Å². The van der Waals surface area contributed by atoms with Crippen molar-refractivity contribution < 1.29 is 4.79 Å². The molecule has 0 aliphatic heterocycles. The summed E-state index contributed by atoms with van der Waals surface area (Å²) >= 11 is 0. The second-order valence-electron chi connectivity index (χ2n) is 7.62. The Hall–Kier alpha value is -3.33. The van der Waals surface area contributed by atoms with E-state index in [1.165, 1.54) is 16.8 Å². The Morgan fingerprint density at radius 2 is 1.59 bits per heavy atom. The van der Waals surface area contributed by atoms with Crippen LogP contribution in [0.5, 0.6) is 0 Å². The minimum atomic E-state index is -0.0453. The lowest BCUT2D eigenvalue weighted by atomic mass is 10.1. The van der Waals surface area contributed by atoms with E-state index in [0.29, 0.717) is 5.56 Å². The van der Waals surface area contributed by atoms with Crippen LogP contribution in [0, 0.1) is 13.8 Å². The second-order valence-corrected chi connectivity index (χ2v) is 7.62. The zero-order valence-corrected chi connectivity index (χ0v) is 17.1. The topological polar surface area (TPSA) is 34.0 Å². The molecule has 1 aromatic heterocycles. The van der Waals surface area contributed by atoms with Crippen molar-refractivity contribution in [1.29, 1.82) is 0 Å². The van der Waals surface area contributed by atoms with Gasteiger partial charge in [0.1, 0.15) is 0 Å². The van der Waals surface area contributed by atoms with Gasteiger partial charge in [-0.3, -0.25) is 4.79 Å². The van der Waals surface area contributed by atoms with E-state index in [1.54, 1.807) is 0 Å². The van der Waals surface area contributed by atoms with Crippen LogP contribution in [0.2, 0.25) is 0 Å². The number of nitrogens with one attached hydrogen (secondary N) is 1. The van der Waals surface area contributed by atoms with Gasteiger partial charge in [-0.1, -0.05) is 60.7 Å². The molecule has 0 fully saturated rings. The number of carbonyl (C=O) groups is 1. The van der Waals surface area contributed by atoms with Gasteiger partial charge in [-0.25, -0.2) is 0 Å². The van der Waals surface area contributed by atoms with Gasteiger partial charge in [0, 0.05) is 28.7 Å². The average Bonchev–Trinajstić information content (AvgIpc) is 2.99. The number of fused-ring (bicyclic) bond motifs is 1. The highest BCUT2D eigenvalue weighted by Crippen LogP contribution is 2.27. The number of hydrogen-bond donors (Lipinski definition) is 1. The molecule has 3 nitrogen and oxygen atoms in total. The maximum Gasteiger partial charge on any atom is 0.251 e. The first-order valence-electron chi connectivity index (χ1n) is 10.0. The van der Waals surface area contributed by atoms with Crippen LogP contribution in [0.4, 0.5) is 0 Å². The molecule has 3 heteroatoms. The molecule has 3 aromatic carbocycles. The van der Waals surface area contributed by atoms with Crippen LogP contribution < -0.4 is 5.32 Å². The quantitative estimate of drug-likeness (QED) is 0.465. The van der Waals surface area contributed by atoms with E-state index in [9.17, 15) is 4.79 Å². The fourth-order valence-electron chi connectivity index (χ4n) is 3.87. The number of hydrogen-bond acceptors (Lipinski definition) is 1. The summed E-state index contributed by atoms with van der Waals surface area (Å²) in [4.78, 5) is 12.8. The van der Waals surface area contributed by atoms with Gasteiger partial charge >= 0.3 is 0 Å². The molecule has 0 aliphatic carbocycles. The molecular weight excluding hydrogens is 356 g/mol. The van der Waals surface area contributed by atoms with Crippen molar-refractivity contribution in [3.8, 4) is 0 Å². The third kappa shape index (κ3) is 3.81. The summed E-state index contributed by atoms with van der Waals surface area (Å²) in [6.45, 7) is 7.12. The predicted molar refractivity (Wildman–Crippen MR) is 119 cm³/mol. The summed E-state index contributed by atoms with van der Waals surface area (Å²) in [7, 11) is 0. The second kappa shape index (κ2) is 7.96. The fraction of sp³-hybridized carbons (Fsp3) is 0.192. The van der Waals surface area contributed by atoms with Gasteiger partial charge in [0.2, 0.25) is 0 Å². The van der Waals surface area contributed by atoms with E-state index in [2.05, 4.69) is 54.1 Å². The predicted octanol–water partition coefficient (Wildman–Crippen LogP) is 5.80. The van der Waals surface area contributed by atoms with Gasteiger partial charge in [0.25, 0.3) is 5.91 Å². The van der Waals surface area contributed by atoms with Gasteiger partial charge in [-0.2, -0.15) is 0 Å². The van der Waals surface area contributed by atoms with E-state index in [0.717, 1.165) is 23.0 Å². The first kappa shape index (κ1) is 19.0. The highest BCUT2D eigenvalue weighted by atomic mass is 16.1. The van der Waals surface area contributed by atoms with Crippen LogP contribution in [0.25, 0.3) is 10.9 Å². The van der Waals surface area contributed by atoms with Crippen molar-refractivity contribution in [3.63, 3.8) is 0 Å². The molecule has 146 valence electrons. The smallest absolute Gasteiger partial charge is 0.251 e. The third-order valence-electron chi connectivity index (χ3n) is 5.73. The molecule has 4 rings (SSSR count). The normalized spacial score (nSPS) is 12.1. The highest BCUT2D eigenvalue weighted by molar-refractivity contribution is 5.99. The summed E-state index contributed by atoms with van der Waals surface area (Å²) in [5.74, 6) is -0.0453. The Labute approximate surface area is 172 Å². The van der Waals surface area contributed by atoms with Gasteiger partial charge in [-0.15, -0.1) is 0 Å². The maximum absolute atomic E-state index is 12.8. The van der Waals surface area contributed by atoms with Crippen molar-refractivity contribution >= 4 is 16.8 Å². The van der Waals surface area contributed by atoms with Gasteiger partial charge in [0.05, 0.1) is 6.04 Å². The highest BCUT2D eigenvalue weighted by Gasteiger charge is 2.16. The average molecular weight is 383 g/mol. The summed E-state index contributed by atoms with van der Waals surface area (Å²) < 4.78 is 2.33. The number of aryl methyl sites for hydroxylation is 1. The molecule has 0 aliphatic rings. The van der Waals surface area contributed by atoms with E-state index in [-0.39, 0.29) is 11.9 Å². The number of nitrogens with zero attached hydrogens (tertiary/aromatic N) is 1. The number of carbonyl (C=O) groups excluding carboxylic acids is 1. The van der Waals surface area contributed by atoms with E-state index < -0.39 is 0 Å².